The predicted molar refractivity (Wildman–Crippen MR) is 144 cm³/mol. The molecule has 0 N–H and O–H groups in total. The molecule has 0 amide bonds. The maximum atomic E-state index is 11.7. The molecule has 0 aliphatic rings. The summed E-state index contributed by atoms with van der Waals surface area (Å²) < 4.78 is 18.4. The monoisotopic (exact) mass is 608 g/mol. The lowest BCUT2D eigenvalue weighted by molar-refractivity contribution is -0.139. The van der Waals surface area contributed by atoms with Crippen molar-refractivity contribution in [3.8, 4) is 17.2 Å². The molecule has 0 bridgehead atoms. The van der Waals surface area contributed by atoms with Gasteiger partial charge in [0.2, 0.25) is 0 Å². The van der Waals surface area contributed by atoms with Crippen LogP contribution in [0.2, 0.25) is 0 Å². The summed E-state index contributed by atoms with van der Waals surface area (Å²) in [4.78, 5) is 11.7. The van der Waals surface area contributed by atoms with Gasteiger partial charge in [0.1, 0.15) is 11.5 Å². The number of esters is 1. The Hall–Kier alpha value is -2.02. The van der Waals surface area contributed by atoms with Crippen LogP contribution < -0.4 is 9.47 Å². The number of carbonyl (C=O) groups excluding carboxylic acids is 1. The highest BCUT2D eigenvalue weighted by molar-refractivity contribution is 9.11. The molecule has 3 aromatic carbocycles. The average molecular weight is 611 g/mol. The van der Waals surface area contributed by atoms with Crippen molar-refractivity contribution in [2.75, 3.05) is 14.2 Å². The molecule has 0 aliphatic carbocycles. The molecule has 1 atom stereocenters. The largest absolute Gasteiger partial charge is 0.496 e. The first-order valence-corrected chi connectivity index (χ1v) is 12.8. The van der Waals surface area contributed by atoms with E-state index < -0.39 is 5.38 Å². The van der Waals surface area contributed by atoms with E-state index in [4.69, 9.17) is 25.8 Å². The molecule has 1 unspecified atom stereocenters. The van der Waals surface area contributed by atoms with Gasteiger partial charge in [-0.25, -0.2) is 0 Å². The number of benzene rings is 3. The molecule has 0 aliphatic heterocycles. The number of carbonyl (C=O) groups is 1. The van der Waals surface area contributed by atoms with Gasteiger partial charge < -0.3 is 14.2 Å². The van der Waals surface area contributed by atoms with Crippen molar-refractivity contribution in [3.05, 3.63) is 85.3 Å². The van der Waals surface area contributed by atoms with Crippen LogP contribution in [-0.4, -0.2) is 20.2 Å². The molecule has 0 radical (unpaired) electrons. The van der Waals surface area contributed by atoms with Crippen LogP contribution in [0.15, 0.2) is 57.5 Å². The molecular formula is C27H27Br2ClO4. The van der Waals surface area contributed by atoms with Crippen molar-refractivity contribution in [1.82, 2.24) is 0 Å². The normalized spacial score (nSPS) is 11.9. The van der Waals surface area contributed by atoms with Crippen molar-refractivity contribution in [1.29, 1.82) is 0 Å². The van der Waals surface area contributed by atoms with E-state index in [9.17, 15) is 4.79 Å². The second-order valence-electron chi connectivity index (χ2n) is 8.31. The van der Waals surface area contributed by atoms with Gasteiger partial charge in [0.15, 0.2) is 5.75 Å². The summed E-state index contributed by atoms with van der Waals surface area (Å²) >= 11 is 14.2. The van der Waals surface area contributed by atoms with Crippen LogP contribution in [0.4, 0.5) is 0 Å². The Balaban J connectivity index is 2.11. The zero-order chi connectivity index (χ0) is 25.0. The van der Waals surface area contributed by atoms with E-state index in [0.717, 1.165) is 33.6 Å². The highest BCUT2D eigenvalue weighted by Crippen LogP contribution is 2.45. The maximum absolute atomic E-state index is 11.7. The van der Waals surface area contributed by atoms with E-state index in [1.807, 2.05) is 49.4 Å². The molecule has 0 saturated carbocycles. The first kappa shape index (κ1) is 26.6. The number of rotatable bonds is 8. The Bertz CT molecular complexity index is 1170. The Morgan fingerprint density at radius 2 is 1.62 bits per heavy atom. The number of ether oxygens (including phenoxy) is 3. The van der Waals surface area contributed by atoms with Crippen LogP contribution in [0, 0.1) is 6.92 Å². The van der Waals surface area contributed by atoms with Gasteiger partial charge in [-0.3, -0.25) is 4.79 Å². The number of halogens is 3. The lowest BCUT2D eigenvalue weighted by atomic mass is 9.95. The third-order valence-corrected chi connectivity index (χ3v) is 7.10. The molecule has 180 valence electrons. The lowest BCUT2D eigenvalue weighted by Crippen LogP contribution is -2.05. The molecular weight excluding hydrogens is 584 g/mol. The van der Waals surface area contributed by atoms with Gasteiger partial charge in [0.05, 0.1) is 35.0 Å². The standard InChI is InChI=1S/C27H27Br2ClO4/c1-15(2)19-13-24(34-27-21(28)10-17(11-22(27)29)12-25(31)33-5)20(14-23(19)32-4)26(30)18-8-6-7-16(3)9-18/h6-11,13-15,26H,12H2,1-5H3. The molecule has 0 spiro atoms. The minimum Gasteiger partial charge on any atom is -0.496 e. The highest BCUT2D eigenvalue weighted by atomic mass is 79.9. The number of aryl methyl sites for hydroxylation is 1. The SMILES string of the molecule is COC(=O)Cc1cc(Br)c(Oc2cc(C(C)C)c(OC)cc2C(Cl)c2cccc(C)c2)c(Br)c1. The van der Waals surface area contributed by atoms with Crippen LogP contribution in [0.25, 0.3) is 0 Å². The maximum Gasteiger partial charge on any atom is 0.309 e. The summed E-state index contributed by atoms with van der Waals surface area (Å²) in [5.41, 5.74) is 4.71. The quantitative estimate of drug-likeness (QED) is 0.190. The summed E-state index contributed by atoms with van der Waals surface area (Å²) in [7, 11) is 3.03. The minimum absolute atomic E-state index is 0.163. The Morgan fingerprint density at radius 3 is 2.18 bits per heavy atom. The van der Waals surface area contributed by atoms with Crippen LogP contribution in [0.5, 0.6) is 17.2 Å². The topological polar surface area (TPSA) is 44.8 Å². The molecule has 3 rings (SSSR count). The Kier molecular flexibility index (Phi) is 9.07. The van der Waals surface area contributed by atoms with Crippen molar-refractivity contribution in [2.45, 2.75) is 38.5 Å². The van der Waals surface area contributed by atoms with Gasteiger partial charge in [-0.05, 0) is 80.1 Å². The third-order valence-electron chi connectivity index (χ3n) is 5.44. The van der Waals surface area contributed by atoms with Crippen molar-refractivity contribution >= 4 is 49.4 Å². The molecule has 0 heterocycles. The second kappa shape index (κ2) is 11.6. The smallest absolute Gasteiger partial charge is 0.309 e. The van der Waals surface area contributed by atoms with Crippen LogP contribution in [0.3, 0.4) is 0 Å². The van der Waals surface area contributed by atoms with E-state index in [0.29, 0.717) is 20.4 Å². The molecule has 34 heavy (non-hydrogen) atoms. The summed E-state index contributed by atoms with van der Waals surface area (Å²) in [5.74, 6) is 1.89. The van der Waals surface area contributed by atoms with Gasteiger partial charge in [-0.2, -0.15) is 0 Å². The van der Waals surface area contributed by atoms with Gasteiger partial charge in [-0.1, -0.05) is 43.7 Å². The van der Waals surface area contributed by atoms with E-state index in [2.05, 4.69) is 51.8 Å². The molecule has 3 aromatic rings. The van der Waals surface area contributed by atoms with Crippen molar-refractivity contribution in [3.63, 3.8) is 0 Å². The van der Waals surface area contributed by atoms with E-state index >= 15 is 0 Å². The summed E-state index contributed by atoms with van der Waals surface area (Å²) in [6.45, 7) is 6.25. The van der Waals surface area contributed by atoms with Crippen LogP contribution in [-0.2, 0) is 16.0 Å². The second-order valence-corrected chi connectivity index (χ2v) is 10.5. The molecule has 7 heteroatoms. The summed E-state index contributed by atoms with van der Waals surface area (Å²) in [6, 6.07) is 15.8. The van der Waals surface area contributed by atoms with E-state index in [-0.39, 0.29) is 18.3 Å². The summed E-state index contributed by atoms with van der Waals surface area (Å²) in [5, 5.41) is -0.443. The minimum atomic E-state index is -0.443. The van der Waals surface area contributed by atoms with Crippen molar-refractivity contribution < 1.29 is 19.0 Å². The molecule has 0 aromatic heterocycles. The predicted octanol–water partition coefficient (Wildman–Crippen LogP) is 8.49. The fourth-order valence-corrected chi connectivity index (χ4v) is 5.42. The lowest BCUT2D eigenvalue weighted by Gasteiger charge is -2.22. The fraction of sp³-hybridized carbons (Fsp3) is 0.296. The number of hydrogen-bond donors (Lipinski definition) is 0. The van der Waals surface area contributed by atoms with Gasteiger partial charge in [0.25, 0.3) is 0 Å². The highest BCUT2D eigenvalue weighted by Gasteiger charge is 2.23. The van der Waals surface area contributed by atoms with Gasteiger partial charge >= 0.3 is 5.97 Å². The van der Waals surface area contributed by atoms with Crippen LogP contribution in [0.1, 0.15) is 53.0 Å². The first-order chi connectivity index (χ1) is 16.1. The van der Waals surface area contributed by atoms with Gasteiger partial charge in [-0.15, -0.1) is 11.6 Å². The summed E-state index contributed by atoms with van der Waals surface area (Å²) in [6.07, 6.45) is 0.163. The Morgan fingerprint density at radius 1 is 0.971 bits per heavy atom. The molecule has 4 nitrogen and oxygen atoms in total. The van der Waals surface area contributed by atoms with E-state index in [1.165, 1.54) is 7.11 Å². The molecule has 0 saturated heterocycles. The fourth-order valence-electron chi connectivity index (χ4n) is 3.67. The van der Waals surface area contributed by atoms with Gasteiger partial charge in [0, 0.05) is 11.1 Å². The van der Waals surface area contributed by atoms with Crippen molar-refractivity contribution in [2.24, 2.45) is 0 Å². The zero-order valence-electron chi connectivity index (χ0n) is 19.7. The number of hydrogen-bond acceptors (Lipinski definition) is 4. The van der Waals surface area contributed by atoms with E-state index in [1.54, 1.807) is 7.11 Å². The number of methoxy groups -OCH3 is 2. The third kappa shape index (κ3) is 6.15. The first-order valence-electron chi connectivity index (χ1n) is 10.8. The zero-order valence-corrected chi connectivity index (χ0v) is 23.7. The Labute approximate surface area is 222 Å². The average Bonchev–Trinajstić information content (AvgIpc) is 2.80. The molecule has 0 fully saturated rings. The van der Waals surface area contributed by atoms with Crippen LogP contribution >= 0.6 is 43.5 Å². The number of alkyl halides is 1.